The third-order valence-corrected chi connectivity index (χ3v) is 5.02. The minimum Gasteiger partial charge on any atom is -0.394 e. The minimum atomic E-state index is -0.0880. The summed E-state index contributed by atoms with van der Waals surface area (Å²) < 4.78 is 8.61. The van der Waals surface area contributed by atoms with Crippen LogP contribution < -0.4 is 0 Å². The van der Waals surface area contributed by atoms with E-state index in [-0.39, 0.29) is 12.1 Å². The lowest BCUT2D eigenvalue weighted by Crippen LogP contribution is -2.44. The molecule has 1 fully saturated rings. The van der Waals surface area contributed by atoms with Crippen molar-refractivity contribution in [3.8, 4) is 0 Å². The van der Waals surface area contributed by atoms with Crippen molar-refractivity contribution >= 4 is 15.9 Å². The van der Waals surface area contributed by atoms with E-state index in [9.17, 15) is 5.11 Å². The molecule has 0 saturated carbocycles. The van der Waals surface area contributed by atoms with Crippen LogP contribution in [0.25, 0.3) is 0 Å². The van der Waals surface area contributed by atoms with Crippen LogP contribution in [-0.2, 0) is 24.4 Å². The van der Waals surface area contributed by atoms with E-state index >= 15 is 0 Å². The number of halogens is 1. The van der Waals surface area contributed by atoms with Gasteiger partial charge < -0.3 is 14.4 Å². The maximum atomic E-state index is 9.64. The maximum absolute atomic E-state index is 9.64. The average molecular weight is 330 g/mol. The number of likely N-dealkylation sites (tertiary alicyclic amines) is 1. The lowest BCUT2D eigenvalue weighted by molar-refractivity contribution is 0.0642. The first-order valence-corrected chi connectivity index (χ1v) is 7.61. The zero-order valence-corrected chi connectivity index (χ0v) is 12.8. The molecule has 1 unspecified atom stereocenters. The van der Waals surface area contributed by atoms with E-state index in [0.29, 0.717) is 6.61 Å². The number of rotatable bonds is 3. The molecule has 6 heteroatoms. The Morgan fingerprint density at radius 3 is 3.11 bits per heavy atom. The molecule has 0 bridgehead atoms. The second-order valence-corrected chi connectivity index (χ2v) is 6.40. The van der Waals surface area contributed by atoms with Crippen LogP contribution in [0.2, 0.25) is 0 Å². The predicted octanol–water partition coefficient (Wildman–Crippen LogP) is 1.52. The molecule has 0 radical (unpaired) electrons. The molecule has 3 heterocycles. The van der Waals surface area contributed by atoms with Gasteiger partial charge >= 0.3 is 0 Å². The number of aliphatic hydroxyl groups excluding tert-OH is 1. The Balaban J connectivity index is 1.85. The zero-order valence-electron chi connectivity index (χ0n) is 11.2. The highest BCUT2D eigenvalue weighted by Gasteiger charge is 2.37. The first-order valence-electron chi connectivity index (χ1n) is 6.81. The van der Waals surface area contributed by atoms with E-state index in [1.165, 1.54) is 5.69 Å². The van der Waals surface area contributed by atoms with Crippen LogP contribution >= 0.6 is 15.9 Å². The largest absolute Gasteiger partial charge is 0.394 e. The van der Waals surface area contributed by atoms with Gasteiger partial charge in [-0.3, -0.25) is 4.90 Å². The molecule has 1 N–H and O–H groups in total. The molecule has 1 saturated heterocycles. The van der Waals surface area contributed by atoms with Crippen molar-refractivity contribution in [2.75, 3.05) is 19.8 Å². The molecular weight excluding hydrogens is 310 g/mol. The van der Waals surface area contributed by atoms with E-state index in [1.54, 1.807) is 0 Å². The smallest absolute Gasteiger partial charge is 0.136 e. The van der Waals surface area contributed by atoms with E-state index in [1.807, 2.05) is 0 Å². The molecule has 106 valence electrons. The molecule has 1 atom stereocenters. The number of nitrogens with zero attached hydrogens (tertiary/aromatic N) is 3. The van der Waals surface area contributed by atoms with Crippen molar-refractivity contribution in [2.45, 2.75) is 45.0 Å². The Morgan fingerprint density at radius 1 is 1.47 bits per heavy atom. The summed E-state index contributed by atoms with van der Waals surface area (Å²) in [7, 11) is 0. The average Bonchev–Trinajstić information content (AvgIpc) is 2.93. The zero-order chi connectivity index (χ0) is 13.5. The first kappa shape index (κ1) is 13.5. The molecule has 0 aromatic carbocycles. The number of aromatic nitrogens is 2. The second-order valence-electron chi connectivity index (χ2n) is 5.65. The van der Waals surface area contributed by atoms with Gasteiger partial charge in [0.25, 0.3) is 0 Å². The molecule has 19 heavy (non-hydrogen) atoms. The van der Waals surface area contributed by atoms with Crippen LogP contribution in [0.1, 0.15) is 31.3 Å². The molecule has 1 aromatic rings. The highest BCUT2D eigenvalue weighted by Crippen LogP contribution is 2.32. The molecule has 2 aliphatic rings. The second kappa shape index (κ2) is 5.16. The lowest BCUT2D eigenvalue weighted by Gasteiger charge is -2.34. The van der Waals surface area contributed by atoms with Gasteiger partial charge in [0.05, 0.1) is 18.9 Å². The van der Waals surface area contributed by atoms with Gasteiger partial charge in [0.15, 0.2) is 0 Å². The van der Waals surface area contributed by atoms with Crippen molar-refractivity contribution < 1.29 is 9.84 Å². The molecule has 2 aliphatic heterocycles. The SMILES string of the molecule is CC1(CO)CCCN1Cc1c(Br)nc2n1CCOC2. The van der Waals surface area contributed by atoms with E-state index in [4.69, 9.17) is 4.74 Å². The summed E-state index contributed by atoms with van der Waals surface area (Å²) in [4.78, 5) is 6.90. The fourth-order valence-electron chi connectivity index (χ4n) is 3.06. The fourth-order valence-corrected chi connectivity index (χ4v) is 3.60. The molecule has 3 rings (SSSR count). The number of ether oxygens (including phenoxy) is 1. The van der Waals surface area contributed by atoms with Crippen LogP contribution in [-0.4, -0.2) is 44.9 Å². The van der Waals surface area contributed by atoms with Gasteiger partial charge in [-0.05, 0) is 42.2 Å². The summed E-state index contributed by atoms with van der Waals surface area (Å²) in [5.41, 5.74) is 1.12. The van der Waals surface area contributed by atoms with Crippen molar-refractivity contribution in [1.29, 1.82) is 0 Å². The monoisotopic (exact) mass is 329 g/mol. The van der Waals surface area contributed by atoms with Crippen molar-refractivity contribution in [1.82, 2.24) is 14.5 Å². The van der Waals surface area contributed by atoms with Crippen LogP contribution in [0, 0.1) is 0 Å². The number of imidazole rings is 1. The summed E-state index contributed by atoms with van der Waals surface area (Å²) in [5.74, 6) is 0.998. The Bertz CT molecular complexity index is 477. The standard InChI is InChI=1S/C13H20BrN3O2/c1-13(9-18)3-2-4-16(13)7-10-12(14)15-11-8-19-6-5-17(10)11/h18H,2-9H2,1H3. The first-order chi connectivity index (χ1) is 9.14. The number of hydrogen-bond donors (Lipinski definition) is 1. The van der Waals surface area contributed by atoms with Crippen LogP contribution in [0.5, 0.6) is 0 Å². The third kappa shape index (κ3) is 2.35. The molecule has 0 spiro atoms. The Morgan fingerprint density at radius 2 is 2.32 bits per heavy atom. The Kier molecular flexibility index (Phi) is 3.68. The van der Waals surface area contributed by atoms with E-state index in [0.717, 1.165) is 49.5 Å². The summed E-state index contributed by atoms with van der Waals surface area (Å²) in [6.45, 7) is 6.45. The van der Waals surface area contributed by atoms with Crippen LogP contribution in [0.4, 0.5) is 0 Å². The van der Waals surface area contributed by atoms with Crippen molar-refractivity contribution in [3.05, 3.63) is 16.1 Å². The fraction of sp³-hybridized carbons (Fsp3) is 0.769. The number of aliphatic hydroxyl groups is 1. The number of fused-ring (bicyclic) bond motifs is 1. The Labute approximate surface area is 121 Å². The molecule has 0 amide bonds. The van der Waals surface area contributed by atoms with Gasteiger partial charge in [0.2, 0.25) is 0 Å². The Hall–Kier alpha value is -0.430. The summed E-state index contributed by atoms with van der Waals surface area (Å²) in [5, 5.41) is 9.64. The van der Waals surface area contributed by atoms with Crippen molar-refractivity contribution in [2.24, 2.45) is 0 Å². The van der Waals surface area contributed by atoms with Gasteiger partial charge in [0.1, 0.15) is 17.0 Å². The van der Waals surface area contributed by atoms with Gasteiger partial charge in [-0.1, -0.05) is 0 Å². The number of hydrogen-bond acceptors (Lipinski definition) is 4. The topological polar surface area (TPSA) is 50.5 Å². The minimum absolute atomic E-state index is 0.0880. The van der Waals surface area contributed by atoms with Crippen LogP contribution in [0.15, 0.2) is 4.60 Å². The molecule has 0 aliphatic carbocycles. The van der Waals surface area contributed by atoms with Gasteiger partial charge in [-0.2, -0.15) is 0 Å². The predicted molar refractivity (Wildman–Crippen MR) is 74.7 cm³/mol. The quantitative estimate of drug-likeness (QED) is 0.913. The summed E-state index contributed by atoms with van der Waals surface area (Å²) >= 11 is 3.57. The summed E-state index contributed by atoms with van der Waals surface area (Å²) in [6, 6.07) is 0. The van der Waals surface area contributed by atoms with Crippen molar-refractivity contribution in [3.63, 3.8) is 0 Å². The van der Waals surface area contributed by atoms with E-state index in [2.05, 4.69) is 37.3 Å². The lowest BCUT2D eigenvalue weighted by atomic mass is 10.0. The van der Waals surface area contributed by atoms with Gasteiger partial charge in [-0.15, -0.1) is 0 Å². The molecule has 5 nitrogen and oxygen atoms in total. The highest BCUT2D eigenvalue weighted by molar-refractivity contribution is 9.10. The normalized spacial score (nSPS) is 27.7. The summed E-state index contributed by atoms with van der Waals surface area (Å²) in [6.07, 6.45) is 2.21. The maximum Gasteiger partial charge on any atom is 0.136 e. The van der Waals surface area contributed by atoms with Crippen LogP contribution in [0.3, 0.4) is 0 Å². The molecule has 1 aromatic heterocycles. The molecular formula is C13H20BrN3O2. The van der Waals surface area contributed by atoms with E-state index < -0.39 is 0 Å². The van der Waals surface area contributed by atoms with Gasteiger partial charge in [-0.25, -0.2) is 4.98 Å². The third-order valence-electron chi connectivity index (χ3n) is 4.38. The highest BCUT2D eigenvalue weighted by atomic mass is 79.9. The van der Waals surface area contributed by atoms with Gasteiger partial charge in [0, 0.05) is 18.6 Å².